The third-order valence-electron chi connectivity index (χ3n) is 3.91. The third-order valence-corrected chi connectivity index (χ3v) is 3.91. The molecule has 2 heterocycles. The number of nitrogens with zero attached hydrogens (tertiary/aromatic N) is 3. The first-order valence-electron chi connectivity index (χ1n) is 8.20. The van der Waals surface area contributed by atoms with Crippen LogP contribution in [0.4, 0.5) is 15.9 Å². The predicted octanol–water partition coefficient (Wildman–Crippen LogP) is 3.78. The van der Waals surface area contributed by atoms with Crippen LogP contribution >= 0.6 is 0 Å². The van der Waals surface area contributed by atoms with Gasteiger partial charge in [0.2, 0.25) is 0 Å². The van der Waals surface area contributed by atoms with E-state index in [0.717, 1.165) is 16.8 Å². The van der Waals surface area contributed by atoms with Crippen LogP contribution in [-0.4, -0.2) is 20.4 Å². The molecule has 0 aliphatic carbocycles. The number of halogens is 1. The zero-order chi connectivity index (χ0) is 18.6. The highest BCUT2D eigenvalue weighted by Gasteiger charge is 2.04. The normalized spacial score (nSPS) is 10.6. The maximum absolute atomic E-state index is 13.0. The Hall–Kier alpha value is -3.87. The van der Waals surface area contributed by atoms with E-state index in [1.807, 2.05) is 30.3 Å². The van der Waals surface area contributed by atoms with Gasteiger partial charge in [-0.3, -0.25) is 4.79 Å². The van der Waals surface area contributed by atoms with E-state index in [1.165, 1.54) is 18.2 Å². The van der Waals surface area contributed by atoms with Gasteiger partial charge in [0, 0.05) is 22.9 Å². The zero-order valence-electron chi connectivity index (χ0n) is 14.1. The van der Waals surface area contributed by atoms with Gasteiger partial charge in [-0.2, -0.15) is 5.10 Å². The zero-order valence-corrected chi connectivity index (χ0v) is 14.1. The molecule has 4 aromatic rings. The van der Waals surface area contributed by atoms with Crippen LogP contribution in [0, 0.1) is 5.82 Å². The van der Waals surface area contributed by atoms with Gasteiger partial charge in [0.05, 0.1) is 11.4 Å². The van der Waals surface area contributed by atoms with Crippen molar-refractivity contribution < 1.29 is 4.39 Å². The molecule has 132 valence electrons. The van der Waals surface area contributed by atoms with E-state index in [4.69, 9.17) is 0 Å². The second-order valence-corrected chi connectivity index (χ2v) is 5.82. The highest BCUT2D eigenvalue weighted by atomic mass is 19.1. The number of nitrogens with one attached hydrogen (secondary N) is 2. The molecule has 0 saturated carbocycles. The molecule has 7 heteroatoms. The Labute approximate surface area is 153 Å². The van der Waals surface area contributed by atoms with Gasteiger partial charge in [0.1, 0.15) is 5.82 Å². The summed E-state index contributed by atoms with van der Waals surface area (Å²) in [6.07, 6.45) is 0. The van der Waals surface area contributed by atoms with Crippen molar-refractivity contribution in [3.63, 3.8) is 0 Å². The van der Waals surface area contributed by atoms with Gasteiger partial charge in [0.25, 0.3) is 5.56 Å². The van der Waals surface area contributed by atoms with E-state index in [1.54, 1.807) is 24.3 Å². The fraction of sp³-hybridized carbons (Fsp3) is 0. The summed E-state index contributed by atoms with van der Waals surface area (Å²) in [6.45, 7) is 0. The summed E-state index contributed by atoms with van der Waals surface area (Å²) in [5.41, 5.74) is 3.53. The Balaban J connectivity index is 1.54. The van der Waals surface area contributed by atoms with Crippen molar-refractivity contribution in [1.29, 1.82) is 0 Å². The molecule has 2 N–H and O–H groups in total. The summed E-state index contributed by atoms with van der Waals surface area (Å²) in [5.74, 6) is 0.286. The van der Waals surface area contributed by atoms with Gasteiger partial charge in [0.15, 0.2) is 5.82 Å². The van der Waals surface area contributed by atoms with Crippen molar-refractivity contribution in [2.45, 2.75) is 0 Å². The summed E-state index contributed by atoms with van der Waals surface area (Å²) in [6, 6.07) is 20.4. The highest BCUT2D eigenvalue weighted by molar-refractivity contribution is 5.68. The molecule has 6 nitrogen and oxygen atoms in total. The molecule has 2 aromatic carbocycles. The van der Waals surface area contributed by atoms with Crippen LogP contribution in [0.2, 0.25) is 0 Å². The molecule has 0 aliphatic rings. The van der Waals surface area contributed by atoms with Crippen LogP contribution in [0.5, 0.6) is 0 Å². The van der Waals surface area contributed by atoms with E-state index in [9.17, 15) is 9.18 Å². The number of benzene rings is 2. The van der Waals surface area contributed by atoms with Crippen LogP contribution in [0.1, 0.15) is 0 Å². The van der Waals surface area contributed by atoms with Crippen LogP contribution in [0.25, 0.3) is 22.5 Å². The standard InChI is InChI=1S/C20H14FN5O/c21-15-6-4-13(5-7-15)17-8-10-19(25-23-17)22-16-3-1-2-14(12-16)18-9-11-20(27)26-24-18/h1-12H,(H,22,25)(H,26,27). The second-order valence-electron chi connectivity index (χ2n) is 5.82. The van der Waals surface area contributed by atoms with Crippen LogP contribution < -0.4 is 10.9 Å². The lowest BCUT2D eigenvalue weighted by Crippen LogP contribution is -2.05. The molecule has 0 amide bonds. The molecule has 2 aromatic heterocycles. The number of aromatic nitrogens is 4. The lowest BCUT2D eigenvalue weighted by Gasteiger charge is -2.08. The van der Waals surface area contributed by atoms with E-state index in [-0.39, 0.29) is 11.4 Å². The minimum atomic E-state index is -0.290. The molecule has 0 spiro atoms. The van der Waals surface area contributed by atoms with E-state index in [0.29, 0.717) is 17.2 Å². The summed E-state index contributed by atoms with van der Waals surface area (Å²) < 4.78 is 13.0. The monoisotopic (exact) mass is 359 g/mol. The minimum Gasteiger partial charge on any atom is -0.339 e. The first kappa shape index (κ1) is 16.6. The molecule has 27 heavy (non-hydrogen) atoms. The number of anilines is 2. The van der Waals surface area contributed by atoms with Crippen molar-refractivity contribution in [1.82, 2.24) is 20.4 Å². The molecule has 4 rings (SSSR count). The predicted molar refractivity (Wildman–Crippen MR) is 101 cm³/mol. The number of aromatic amines is 1. The third kappa shape index (κ3) is 3.87. The number of H-pyrrole nitrogens is 1. The maximum atomic E-state index is 13.0. The van der Waals surface area contributed by atoms with E-state index >= 15 is 0 Å². The van der Waals surface area contributed by atoms with Gasteiger partial charge in [-0.25, -0.2) is 9.49 Å². The first-order chi connectivity index (χ1) is 13.2. The van der Waals surface area contributed by atoms with Gasteiger partial charge in [-0.15, -0.1) is 10.2 Å². The Morgan fingerprint density at radius 1 is 0.815 bits per heavy atom. The molecule has 0 fully saturated rings. The lowest BCUT2D eigenvalue weighted by molar-refractivity contribution is 0.628. The molecular weight excluding hydrogens is 345 g/mol. The van der Waals surface area contributed by atoms with Crippen molar-refractivity contribution in [3.05, 3.63) is 89.0 Å². The molecule has 0 unspecified atom stereocenters. The number of hydrogen-bond acceptors (Lipinski definition) is 5. The second kappa shape index (κ2) is 7.17. The summed E-state index contributed by atoms with van der Waals surface area (Å²) in [4.78, 5) is 11.1. The maximum Gasteiger partial charge on any atom is 0.264 e. The van der Waals surface area contributed by atoms with Crippen molar-refractivity contribution >= 4 is 11.5 Å². The Morgan fingerprint density at radius 3 is 2.33 bits per heavy atom. The number of hydrogen-bond donors (Lipinski definition) is 2. The van der Waals surface area contributed by atoms with Gasteiger partial charge >= 0.3 is 0 Å². The quantitative estimate of drug-likeness (QED) is 0.579. The Kier molecular flexibility index (Phi) is 4.40. The molecular formula is C20H14FN5O. The van der Waals surface area contributed by atoms with E-state index < -0.39 is 0 Å². The molecule has 0 saturated heterocycles. The average Bonchev–Trinajstić information content (AvgIpc) is 2.70. The van der Waals surface area contributed by atoms with Gasteiger partial charge in [-0.05, 0) is 54.6 Å². The molecule has 0 bridgehead atoms. The Bertz CT molecular complexity index is 1100. The SMILES string of the molecule is O=c1ccc(-c2cccc(Nc3ccc(-c4ccc(F)cc4)nn3)c2)n[nH]1. The summed E-state index contributed by atoms with van der Waals surface area (Å²) >= 11 is 0. The minimum absolute atomic E-state index is 0.246. The molecule has 0 radical (unpaired) electrons. The summed E-state index contributed by atoms with van der Waals surface area (Å²) in [7, 11) is 0. The highest BCUT2D eigenvalue weighted by Crippen LogP contribution is 2.23. The van der Waals surface area contributed by atoms with Crippen molar-refractivity contribution in [2.24, 2.45) is 0 Å². The largest absolute Gasteiger partial charge is 0.339 e. The number of rotatable bonds is 4. The fourth-order valence-corrected chi connectivity index (χ4v) is 2.58. The van der Waals surface area contributed by atoms with Crippen molar-refractivity contribution in [3.8, 4) is 22.5 Å². The van der Waals surface area contributed by atoms with Crippen LogP contribution in [-0.2, 0) is 0 Å². The molecule has 0 aliphatic heterocycles. The topological polar surface area (TPSA) is 83.6 Å². The van der Waals surface area contributed by atoms with Gasteiger partial charge in [-0.1, -0.05) is 12.1 Å². The lowest BCUT2D eigenvalue weighted by atomic mass is 10.1. The Morgan fingerprint density at radius 2 is 1.63 bits per heavy atom. The summed E-state index contributed by atoms with van der Waals surface area (Å²) in [5, 5.41) is 18.0. The van der Waals surface area contributed by atoms with E-state index in [2.05, 4.69) is 25.7 Å². The van der Waals surface area contributed by atoms with Crippen LogP contribution in [0.15, 0.2) is 77.6 Å². The van der Waals surface area contributed by atoms with Gasteiger partial charge < -0.3 is 5.32 Å². The first-order valence-corrected chi connectivity index (χ1v) is 8.20. The fourth-order valence-electron chi connectivity index (χ4n) is 2.58. The molecule has 0 atom stereocenters. The average molecular weight is 359 g/mol. The smallest absolute Gasteiger partial charge is 0.264 e. The van der Waals surface area contributed by atoms with Crippen LogP contribution in [0.3, 0.4) is 0 Å². The van der Waals surface area contributed by atoms with Crippen molar-refractivity contribution in [2.75, 3.05) is 5.32 Å².